The minimum atomic E-state index is 0.436. The molecular weight excluding hydrogens is 229 g/mol. The molecule has 0 aliphatic heterocycles. The molecule has 1 heterocycles. The third-order valence-corrected chi connectivity index (χ3v) is 1.56. The van der Waals surface area contributed by atoms with Crippen molar-refractivity contribution in [1.82, 2.24) is 9.97 Å². The van der Waals surface area contributed by atoms with E-state index in [0.29, 0.717) is 5.69 Å². The SMILES string of the molecule is N#Cc1ncncc1I. The zero-order valence-electron chi connectivity index (χ0n) is 4.37. The van der Waals surface area contributed by atoms with E-state index in [0.717, 1.165) is 3.57 Å². The van der Waals surface area contributed by atoms with Crippen LogP contribution >= 0.6 is 22.6 Å². The molecular formula is C5H2IN3. The molecule has 0 aliphatic rings. The van der Waals surface area contributed by atoms with Crippen LogP contribution in [0.4, 0.5) is 0 Å². The summed E-state index contributed by atoms with van der Waals surface area (Å²) in [5.41, 5.74) is 0.436. The van der Waals surface area contributed by atoms with E-state index in [2.05, 4.69) is 9.97 Å². The van der Waals surface area contributed by atoms with Crippen LogP contribution in [0.15, 0.2) is 12.5 Å². The number of aromatic nitrogens is 2. The Hall–Kier alpha value is -0.700. The normalized spacial score (nSPS) is 8.44. The smallest absolute Gasteiger partial charge is 0.157 e. The van der Waals surface area contributed by atoms with Gasteiger partial charge in [-0.3, -0.25) is 0 Å². The van der Waals surface area contributed by atoms with E-state index in [1.54, 1.807) is 6.20 Å². The predicted molar refractivity (Wildman–Crippen MR) is 39.5 cm³/mol. The van der Waals surface area contributed by atoms with Crippen molar-refractivity contribution < 1.29 is 0 Å². The molecule has 44 valence electrons. The molecule has 0 saturated heterocycles. The lowest BCUT2D eigenvalue weighted by atomic mass is 10.5. The molecule has 0 fully saturated rings. The summed E-state index contributed by atoms with van der Waals surface area (Å²) in [5.74, 6) is 0. The zero-order valence-corrected chi connectivity index (χ0v) is 6.53. The highest BCUT2D eigenvalue weighted by atomic mass is 127. The molecule has 9 heavy (non-hydrogen) atoms. The number of halogens is 1. The molecule has 0 amide bonds. The summed E-state index contributed by atoms with van der Waals surface area (Å²) in [7, 11) is 0. The second-order valence-electron chi connectivity index (χ2n) is 1.33. The Morgan fingerprint density at radius 2 is 2.44 bits per heavy atom. The molecule has 0 radical (unpaired) electrons. The molecule has 0 atom stereocenters. The Kier molecular flexibility index (Phi) is 1.95. The summed E-state index contributed by atoms with van der Waals surface area (Å²) in [4.78, 5) is 7.44. The first-order valence-corrected chi connectivity index (χ1v) is 3.28. The molecule has 0 N–H and O–H groups in total. The minimum absolute atomic E-state index is 0.436. The lowest BCUT2D eigenvalue weighted by Crippen LogP contribution is -1.86. The molecule has 0 bridgehead atoms. The van der Waals surface area contributed by atoms with Gasteiger partial charge in [-0.15, -0.1) is 0 Å². The van der Waals surface area contributed by atoms with E-state index in [4.69, 9.17) is 5.26 Å². The van der Waals surface area contributed by atoms with Gasteiger partial charge in [-0.05, 0) is 22.6 Å². The van der Waals surface area contributed by atoms with Gasteiger partial charge >= 0.3 is 0 Å². The number of hydrogen-bond donors (Lipinski definition) is 0. The van der Waals surface area contributed by atoms with Gasteiger partial charge in [-0.25, -0.2) is 9.97 Å². The fourth-order valence-corrected chi connectivity index (χ4v) is 0.816. The van der Waals surface area contributed by atoms with Crippen molar-refractivity contribution in [3.63, 3.8) is 0 Å². The second kappa shape index (κ2) is 2.73. The first-order chi connectivity index (χ1) is 4.34. The second-order valence-corrected chi connectivity index (χ2v) is 2.49. The number of nitriles is 1. The quantitative estimate of drug-likeness (QED) is 0.624. The van der Waals surface area contributed by atoms with E-state index >= 15 is 0 Å². The molecule has 1 aromatic rings. The Labute approximate surface area is 65.9 Å². The van der Waals surface area contributed by atoms with Crippen LogP contribution in [0, 0.1) is 14.9 Å². The van der Waals surface area contributed by atoms with Gasteiger partial charge in [0.2, 0.25) is 0 Å². The summed E-state index contributed by atoms with van der Waals surface area (Å²) < 4.78 is 0.789. The van der Waals surface area contributed by atoms with Crippen LogP contribution in [0.1, 0.15) is 5.69 Å². The molecule has 1 aromatic heterocycles. The summed E-state index contributed by atoms with van der Waals surface area (Å²) in [6, 6.07) is 1.94. The van der Waals surface area contributed by atoms with Crippen molar-refractivity contribution in [3.8, 4) is 6.07 Å². The molecule has 1 rings (SSSR count). The fraction of sp³-hybridized carbons (Fsp3) is 0. The molecule has 3 nitrogen and oxygen atoms in total. The predicted octanol–water partition coefficient (Wildman–Crippen LogP) is 0.953. The Morgan fingerprint density at radius 1 is 1.67 bits per heavy atom. The third kappa shape index (κ3) is 1.36. The van der Waals surface area contributed by atoms with Crippen LogP contribution in [0.3, 0.4) is 0 Å². The summed E-state index contributed by atoms with van der Waals surface area (Å²) in [6.07, 6.45) is 2.97. The standard InChI is InChI=1S/C5H2IN3/c6-4-2-8-3-9-5(4)1-7/h2-3H. The van der Waals surface area contributed by atoms with E-state index in [-0.39, 0.29) is 0 Å². The maximum atomic E-state index is 8.37. The molecule has 0 aromatic carbocycles. The first kappa shape index (κ1) is 6.42. The van der Waals surface area contributed by atoms with Gasteiger partial charge in [0.1, 0.15) is 12.4 Å². The van der Waals surface area contributed by atoms with Crippen LogP contribution in [-0.4, -0.2) is 9.97 Å². The van der Waals surface area contributed by atoms with Crippen molar-refractivity contribution >= 4 is 22.6 Å². The summed E-state index contributed by atoms with van der Waals surface area (Å²) >= 11 is 2.01. The average Bonchev–Trinajstić information content (AvgIpc) is 1.89. The summed E-state index contributed by atoms with van der Waals surface area (Å²) in [6.45, 7) is 0. The first-order valence-electron chi connectivity index (χ1n) is 2.20. The Balaban J connectivity index is 3.20. The minimum Gasteiger partial charge on any atom is -0.244 e. The Morgan fingerprint density at radius 3 is 2.89 bits per heavy atom. The van der Waals surface area contributed by atoms with Crippen molar-refractivity contribution in [2.75, 3.05) is 0 Å². The van der Waals surface area contributed by atoms with Crippen molar-refractivity contribution in [3.05, 3.63) is 21.8 Å². The van der Waals surface area contributed by atoms with Crippen molar-refractivity contribution in [1.29, 1.82) is 5.26 Å². The van der Waals surface area contributed by atoms with Crippen LogP contribution in [-0.2, 0) is 0 Å². The Bertz CT molecular complexity index is 253. The van der Waals surface area contributed by atoms with Crippen molar-refractivity contribution in [2.24, 2.45) is 0 Å². The van der Waals surface area contributed by atoms with Gasteiger partial charge < -0.3 is 0 Å². The lowest BCUT2D eigenvalue weighted by molar-refractivity contribution is 1.12. The molecule has 0 unspecified atom stereocenters. The van der Waals surface area contributed by atoms with Gasteiger partial charge in [0.25, 0.3) is 0 Å². The molecule has 0 saturated carbocycles. The third-order valence-electron chi connectivity index (χ3n) is 0.774. The maximum Gasteiger partial charge on any atom is 0.157 e. The molecule has 0 spiro atoms. The van der Waals surface area contributed by atoms with Crippen LogP contribution in [0.5, 0.6) is 0 Å². The van der Waals surface area contributed by atoms with Crippen LogP contribution < -0.4 is 0 Å². The van der Waals surface area contributed by atoms with Crippen LogP contribution in [0.2, 0.25) is 0 Å². The zero-order chi connectivity index (χ0) is 6.69. The highest BCUT2D eigenvalue weighted by Gasteiger charge is 1.95. The fourth-order valence-electron chi connectivity index (χ4n) is 0.395. The van der Waals surface area contributed by atoms with Gasteiger partial charge in [-0.2, -0.15) is 5.26 Å². The topological polar surface area (TPSA) is 49.6 Å². The lowest BCUT2D eigenvalue weighted by Gasteiger charge is -1.87. The number of nitrogens with zero attached hydrogens (tertiary/aromatic N) is 3. The monoisotopic (exact) mass is 231 g/mol. The average molecular weight is 231 g/mol. The van der Waals surface area contributed by atoms with Crippen LogP contribution in [0.25, 0.3) is 0 Å². The highest BCUT2D eigenvalue weighted by molar-refractivity contribution is 14.1. The molecule has 4 heteroatoms. The van der Waals surface area contributed by atoms with Gasteiger partial charge in [0.05, 0.1) is 3.57 Å². The van der Waals surface area contributed by atoms with Crippen molar-refractivity contribution in [2.45, 2.75) is 0 Å². The van der Waals surface area contributed by atoms with E-state index < -0.39 is 0 Å². The number of rotatable bonds is 0. The van der Waals surface area contributed by atoms with E-state index in [1.165, 1.54) is 6.33 Å². The van der Waals surface area contributed by atoms with Gasteiger partial charge in [0, 0.05) is 6.20 Å². The molecule has 0 aliphatic carbocycles. The highest BCUT2D eigenvalue weighted by Crippen LogP contribution is 2.03. The van der Waals surface area contributed by atoms with E-state index in [9.17, 15) is 0 Å². The maximum absolute atomic E-state index is 8.37. The van der Waals surface area contributed by atoms with Gasteiger partial charge in [-0.1, -0.05) is 0 Å². The largest absolute Gasteiger partial charge is 0.244 e. The van der Waals surface area contributed by atoms with E-state index in [1.807, 2.05) is 28.7 Å². The van der Waals surface area contributed by atoms with Gasteiger partial charge in [0.15, 0.2) is 5.69 Å². The summed E-state index contributed by atoms with van der Waals surface area (Å²) in [5, 5.41) is 8.37. The number of hydrogen-bond acceptors (Lipinski definition) is 3.